The number of carbonyl (C=O) groups is 2. The van der Waals surface area contributed by atoms with Crippen molar-refractivity contribution in [3.05, 3.63) is 75.9 Å². The lowest BCUT2D eigenvalue weighted by Crippen LogP contribution is -2.35. The van der Waals surface area contributed by atoms with E-state index in [0.717, 1.165) is 10.0 Å². The van der Waals surface area contributed by atoms with Gasteiger partial charge in [-0.25, -0.2) is 0 Å². The molecule has 6 heteroatoms. The number of rotatable bonds is 7. The Bertz CT molecular complexity index is 760. The molecule has 2 aromatic carbocycles. The molecule has 2 aromatic rings. The maximum atomic E-state index is 12.4. The van der Waals surface area contributed by atoms with E-state index in [1.54, 1.807) is 24.3 Å². The van der Waals surface area contributed by atoms with Gasteiger partial charge in [-0.05, 0) is 36.3 Å². The van der Waals surface area contributed by atoms with Gasteiger partial charge in [0.1, 0.15) is 5.70 Å². The van der Waals surface area contributed by atoms with E-state index in [0.29, 0.717) is 18.5 Å². The predicted molar refractivity (Wildman–Crippen MR) is 101 cm³/mol. The maximum absolute atomic E-state index is 12.4. The normalized spacial score (nSPS) is 11.0. The highest BCUT2D eigenvalue weighted by molar-refractivity contribution is 9.10. The van der Waals surface area contributed by atoms with Crippen molar-refractivity contribution in [1.29, 1.82) is 0 Å². The van der Waals surface area contributed by atoms with E-state index in [1.807, 2.05) is 36.4 Å². The third kappa shape index (κ3) is 6.17. The second kappa shape index (κ2) is 9.76. The van der Waals surface area contributed by atoms with Gasteiger partial charge in [-0.15, -0.1) is 0 Å². The predicted octanol–water partition coefficient (Wildman–Crippen LogP) is 2.72. The molecule has 2 amide bonds. The molecule has 0 heterocycles. The van der Waals surface area contributed by atoms with Crippen LogP contribution in [0.4, 0.5) is 0 Å². The monoisotopic (exact) mass is 402 g/mol. The Labute approximate surface area is 154 Å². The lowest BCUT2D eigenvalue weighted by molar-refractivity contribution is -0.117. The molecule has 2 rings (SSSR count). The van der Waals surface area contributed by atoms with Gasteiger partial charge in [0, 0.05) is 23.2 Å². The van der Waals surface area contributed by atoms with Crippen molar-refractivity contribution < 1.29 is 14.7 Å². The smallest absolute Gasteiger partial charge is 0.267 e. The molecule has 0 saturated carbocycles. The van der Waals surface area contributed by atoms with Gasteiger partial charge in [-0.2, -0.15) is 0 Å². The van der Waals surface area contributed by atoms with Crippen LogP contribution in [0.1, 0.15) is 22.3 Å². The topological polar surface area (TPSA) is 78.4 Å². The van der Waals surface area contributed by atoms with Crippen LogP contribution >= 0.6 is 15.9 Å². The molecule has 130 valence electrons. The zero-order chi connectivity index (χ0) is 18.1. The van der Waals surface area contributed by atoms with Gasteiger partial charge in [0.2, 0.25) is 0 Å². The molecule has 0 aliphatic carbocycles. The molecule has 0 aliphatic rings. The van der Waals surface area contributed by atoms with Crippen LogP contribution in [-0.4, -0.2) is 30.1 Å². The zero-order valence-electron chi connectivity index (χ0n) is 13.5. The molecular formula is C19H19BrN2O3. The quantitative estimate of drug-likeness (QED) is 0.492. The Hall–Kier alpha value is -2.44. The van der Waals surface area contributed by atoms with Crippen LogP contribution in [0.3, 0.4) is 0 Å². The Balaban J connectivity index is 2.20. The van der Waals surface area contributed by atoms with E-state index < -0.39 is 5.91 Å². The molecule has 0 aromatic heterocycles. The van der Waals surface area contributed by atoms with Crippen molar-refractivity contribution >= 4 is 33.8 Å². The highest BCUT2D eigenvalue weighted by Crippen LogP contribution is 2.12. The maximum Gasteiger partial charge on any atom is 0.267 e. The van der Waals surface area contributed by atoms with E-state index in [4.69, 9.17) is 5.11 Å². The summed E-state index contributed by atoms with van der Waals surface area (Å²) in [6.07, 6.45) is 2.06. The fourth-order valence-corrected chi connectivity index (χ4v) is 2.47. The Kier molecular flexibility index (Phi) is 7.37. The average molecular weight is 403 g/mol. The second-order valence-electron chi connectivity index (χ2n) is 5.27. The third-order valence-electron chi connectivity index (χ3n) is 3.31. The van der Waals surface area contributed by atoms with E-state index in [1.165, 1.54) is 0 Å². The first-order valence-electron chi connectivity index (χ1n) is 7.83. The number of aliphatic hydroxyl groups is 1. The Morgan fingerprint density at radius 2 is 1.84 bits per heavy atom. The van der Waals surface area contributed by atoms with Crippen molar-refractivity contribution in [2.24, 2.45) is 0 Å². The molecular weight excluding hydrogens is 384 g/mol. The molecule has 25 heavy (non-hydrogen) atoms. The highest BCUT2D eigenvalue weighted by Gasteiger charge is 2.14. The van der Waals surface area contributed by atoms with Crippen LogP contribution in [0.25, 0.3) is 6.08 Å². The Morgan fingerprint density at radius 3 is 2.52 bits per heavy atom. The van der Waals surface area contributed by atoms with Gasteiger partial charge in [0.25, 0.3) is 11.8 Å². The largest absolute Gasteiger partial charge is 0.396 e. The minimum atomic E-state index is -0.402. The van der Waals surface area contributed by atoms with Crippen molar-refractivity contribution in [1.82, 2.24) is 10.6 Å². The molecule has 0 aliphatic heterocycles. The number of aliphatic hydroxyl groups excluding tert-OH is 1. The SMILES string of the molecule is O=C(NCCCO)/C(=C/c1ccccc1)NC(=O)c1cccc(Br)c1. The van der Waals surface area contributed by atoms with Crippen molar-refractivity contribution in [2.45, 2.75) is 6.42 Å². The van der Waals surface area contributed by atoms with Crippen molar-refractivity contribution in [3.8, 4) is 0 Å². The van der Waals surface area contributed by atoms with Crippen molar-refractivity contribution in [2.75, 3.05) is 13.2 Å². The summed E-state index contributed by atoms with van der Waals surface area (Å²) in [6, 6.07) is 16.2. The standard InChI is InChI=1S/C19H19BrN2O3/c20-16-9-4-8-15(13-16)18(24)22-17(19(25)21-10-5-11-23)12-14-6-2-1-3-7-14/h1-4,6-9,12-13,23H,5,10-11H2,(H,21,25)(H,22,24)/b17-12-. The minimum Gasteiger partial charge on any atom is -0.396 e. The lowest BCUT2D eigenvalue weighted by atomic mass is 10.1. The summed E-state index contributed by atoms with van der Waals surface area (Å²) >= 11 is 3.32. The van der Waals surface area contributed by atoms with E-state index >= 15 is 0 Å². The van der Waals surface area contributed by atoms with Crippen LogP contribution in [-0.2, 0) is 4.79 Å². The van der Waals surface area contributed by atoms with Gasteiger partial charge in [-0.1, -0.05) is 52.3 Å². The van der Waals surface area contributed by atoms with Gasteiger partial charge >= 0.3 is 0 Å². The van der Waals surface area contributed by atoms with E-state index in [-0.39, 0.29) is 18.2 Å². The highest BCUT2D eigenvalue weighted by atomic mass is 79.9. The number of carbonyl (C=O) groups excluding carboxylic acids is 2. The van der Waals surface area contributed by atoms with Crippen LogP contribution < -0.4 is 10.6 Å². The Morgan fingerprint density at radius 1 is 1.08 bits per heavy atom. The third-order valence-corrected chi connectivity index (χ3v) is 3.80. The first-order valence-corrected chi connectivity index (χ1v) is 8.62. The summed E-state index contributed by atoms with van der Waals surface area (Å²) in [5.41, 5.74) is 1.38. The van der Waals surface area contributed by atoms with E-state index in [9.17, 15) is 9.59 Å². The van der Waals surface area contributed by atoms with Crippen LogP contribution in [0.2, 0.25) is 0 Å². The molecule has 3 N–H and O–H groups in total. The summed E-state index contributed by atoms with van der Waals surface area (Å²) < 4.78 is 0.779. The van der Waals surface area contributed by atoms with Crippen LogP contribution in [0.5, 0.6) is 0 Å². The summed E-state index contributed by atoms with van der Waals surface area (Å²) in [4.78, 5) is 24.8. The number of hydrogen-bond donors (Lipinski definition) is 3. The summed E-state index contributed by atoms with van der Waals surface area (Å²) in [5, 5.41) is 14.2. The molecule has 0 saturated heterocycles. The molecule has 0 unspecified atom stereocenters. The fourth-order valence-electron chi connectivity index (χ4n) is 2.07. The minimum absolute atomic E-state index is 0.0115. The number of amides is 2. The summed E-state index contributed by atoms with van der Waals surface area (Å²) in [7, 11) is 0. The average Bonchev–Trinajstić information content (AvgIpc) is 2.62. The number of benzene rings is 2. The first kappa shape index (κ1) is 18.9. The first-order chi connectivity index (χ1) is 12.1. The summed E-state index contributed by atoms with van der Waals surface area (Å²) in [6.45, 7) is 0.316. The van der Waals surface area contributed by atoms with Gasteiger partial charge in [-0.3, -0.25) is 9.59 Å². The van der Waals surface area contributed by atoms with Gasteiger partial charge < -0.3 is 15.7 Å². The molecule has 0 spiro atoms. The van der Waals surface area contributed by atoms with Crippen LogP contribution in [0.15, 0.2) is 64.8 Å². The summed E-state index contributed by atoms with van der Waals surface area (Å²) in [5.74, 6) is -0.776. The number of nitrogens with one attached hydrogen (secondary N) is 2. The van der Waals surface area contributed by atoms with Crippen LogP contribution in [0, 0.1) is 0 Å². The second-order valence-corrected chi connectivity index (χ2v) is 6.18. The van der Waals surface area contributed by atoms with Gasteiger partial charge in [0.15, 0.2) is 0 Å². The van der Waals surface area contributed by atoms with Crippen molar-refractivity contribution in [3.63, 3.8) is 0 Å². The lowest BCUT2D eigenvalue weighted by Gasteiger charge is -2.11. The number of hydrogen-bond acceptors (Lipinski definition) is 3. The molecule has 0 atom stereocenters. The number of halogens is 1. The molecule has 5 nitrogen and oxygen atoms in total. The van der Waals surface area contributed by atoms with E-state index in [2.05, 4.69) is 26.6 Å². The zero-order valence-corrected chi connectivity index (χ0v) is 15.1. The molecule has 0 radical (unpaired) electrons. The molecule has 0 fully saturated rings. The van der Waals surface area contributed by atoms with Gasteiger partial charge in [0.05, 0.1) is 0 Å². The molecule has 0 bridgehead atoms. The fraction of sp³-hybridized carbons (Fsp3) is 0.158.